The first-order chi connectivity index (χ1) is 15.5. The second-order valence-electron chi connectivity index (χ2n) is 9.08. The standard InChI is InChI=1S/C14H21F5.C9H7N3O2/c15-13(16)7-5-12(6-8-13)11-3-1-10(2-4-11)9-14(17,18)19;10-9(14)8-7-5(1-3-12-8)11-4-2-6(7)13/h10-12H,1-9H2;1-4H,(H2,10,14)(H,11,13). The van der Waals surface area contributed by atoms with Gasteiger partial charge in [0.05, 0.1) is 10.9 Å². The SMILES string of the molecule is FC(F)(F)CC1CCC(C2CCC(F)(F)CC2)CC1.NC(=O)c1nccc2[nH]ccc(=O)c12. The fourth-order valence-electron chi connectivity index (χ4n) is 5.03. The zero-order valence-electron chi connectivity index (χ0n) is 18.1. The van der Waals surface area contributed by atoms with E-state index in [4.69, 9.17) is 5.73 Å². The monoisotopic (exact) mass is 473 g/mol. The van der Waals surface area contributed by atoms with Crippen molar-refractivity contribution in [2.45, 2.75) is 69.9 Å². The maximum atomic E-state index is 13.1. The van der Waals surface area contributed by atoms with Crippen LogP contribution >= 0.6 is 0 Å². The van der Waals surface area contributed by atoms with Crippen molar-refractivity contribution in [3.05, 3.63) is 40.4 Å². The van der Waals surface area contributed by atoms with Crippen LogP contribution in [-0.2, 0) is 0 Å². The van der Waals surface area contributed by atoms with Gasteiger partial charge in [-0.25, -0.2) is 8.78 Å². The van der Waals surface area contributed by atoms with E-state index >= 15 is 0 Å². The van der Waals surface area contributed by atoms with Gasteiger partial charge >= 0.3 is 6.18 Å². The summed E-state index contributed by atoms with van der Waals surface area (Å²) < 4.78 is 63.0. The van der Waals surface area contributed by atoms with Gasteiger partial charge in [-0.3, -0.25) is 14.6 Å². The van der Waals surface area contributed by atoms with Crippen molar-refractivity contribution >= 4 is 16.8 Å². The number of carbonyl (C=O) groups excluding carboxylic acids is 1. The lowest BCUT2D eigenvalue weighted by atomic mass is 9.70. The second kappa shape index (κ2) is 10.2. The Morgan fingerprint density at radius 2 is 1.67 bits per heavy atom. The van der Waals surface area contributed by atoms with E-state index in [1.807, 2.05) is 0 Å². The van der Waals surface area contributed by atoms with Gasteiger partial charge in [0.2, 0.25) is 5.92 Å². The van der Waals surface area contributed by atoms with Gasteiger partial charge in [-0.05, 0) is 62.3 Å². The predicted molar refractivity (Wildman–Crippen MR) is 114 cm³/mol. The van der Waals surface area contributed by atoms with Gasteiger partial charge < -0.3 is 10.7 Å². The lowest BCUT2D eigenvalue weighted by Crippen LogP contribution is -2.31. The minimum absolute atomic E-state index is 0.00403. The largest absolute Gasteiger partial charge is 0.389 e. The van der Waals surface area contributed by atoms with E-state index in [1.54, 1.807) is 6.07 Å². The number of amides is 1. The van der Waals surface area contributed by atoms with E-state index in [1.165, 1.54) is 18.5 Å². The van der Waals surface area contributed by atoms with Crippen LogP contribution in [0.1, 0.15) is 68.3 Å². The fraction of sp³-hybridized carbons (Fsp3) is 0.609. The van der Waals surface area contributed by atoms with Crippen molar-refractivity contribution in [2.24, 2.45) is 23.5 Å². The molecule has 2 fully saturated rings. The molecule has 0 aliphatic heterocycles. The number of nitrogens with zero attached hydrogens (tertiary/aromatic N) is 1. The van der Waals surface area contributed by atoms with E-state index in [9.17, 15) is 31.5 Å². The van der Waals surface area contributed by atoms with Gasteiger partial charge in [-0.2, -0.15) is 13.2 Å². The first-order valence-corrected chi connectivity index (χ1v) is 11.2. The Balaban J connectivity index is 0.000000194. The molecule has 0 spiro atoms. The number of hydrogen-bond acceptors (Lipinski definition) is 3. The van der Waals surface area contributed by atoms with Crippen LogP contribution in [0.2, 0.25) is 0 Å². The predicted octanol–water partition coefficient (Wildman–Crippen LogP) is 5.59. The average molecular weight is 473 g/mol. The van der Waals surface area contributed by atoms with Crippen LogP contribution in [0, 0.1) is 17.8 Å². The minimum atomic E-state index is -4.07. The number of primary amides is 1. The number of pyridine rings is 2. The number of aromatic amines is 1. The molecule has 2 heterocycles. The van der Waals surface area contributed by atoms with Gasteiger partial charge in [-0.1, -0.05) is 0 Å². The number of hydrogen-bond donors (Lipinski definition) is 2. The molecule has 2 aromatic heterocycles. The third-order valence-corrected chi connectivity index (χ3v) is 6.74. The van der Waals surface area contributed by atoms with Crippen molar-refractivity contribution in [1.29, 1.82) is 0 Å². The number of nitrogens with two attached hydrogens (primary N) is 1. The van der Waals surface area contributed by atoms with E-state index in [2.05, 4.69) is 9.97 Å². The maximum Gasteiger partial charge on any atom is 0.389 e. The van der Waals surface area contributed by atoms with Crippen LogP contribution in [-0.4, -0.2) is 28.0 Å². The first kappa shape index (κ1) is 25.1. The highest BCUT2D eigenvalue weighted by atomic mass is 19.4. The third kappa shape index (κ3) is 6.98. The number of carbonyl (C=O) groups is 1. The van der Waals surface area contributed by atoms with Gasteiger partial charge in [-0.15, -0.1) is 0 Å². The zero-order chi connectivity index (χ0) is 24.2. The Labute approximate surface area is 188 Å². The van der Waals surface area contributed by atoms with Crippen molar-refractivity contribution < 1.29 is 26.7 Å². The number of nitrogens with one attached hydrogen (secondary N) is 1. The second-order valence-corrected chi connectivity index (χ2v) is 9.08. The van der Waals surface area contributed by atoms with Crippen LogP contribution in [0.15, 0.2) is 29.3 Å². The van der Waals surface area contributed by atoms with Crippen LogP contribution in [0.25, 0.3) is 10.9 Å². The van der Waals surface area contributed by atoms with E-state index in [0.717, 1.165) is 12.8 Å². The lowest BCUT2D eigenvalue weighted by molar-refractivity contribution is -0.147. The van der Waals surface area contributed by atoms with Crippen molar-refractivity contribution in [3.63, 3.8) is 0 Å². The summed E-state index contributed by atoms with van der Waals surface area (Å²) in [6.07, 6.45) is 1.99. The Hall–Kier alpha value is -2.52. The molecule has 0 aromatic carbocycles. The molecule has 0 unspecified atom stereocenters. The molecule has 0 saturated heterocycles. The van der Waals surface area contributed by atoms with Gasteiger partial charge in [0, 0.05) is 37.7 Å². The molecule has 0 bridgehead atoms. The van der Waals surface area contributed by atoms with Crippen molar-refractivity contribution in [3.8, 4) is 0 Å². The lowest BCUT2D eigenvalue weighted by Gasteiger charge is -2.37. The van der Waals surface area contributed by atoms with Crippen molar-refractivity contribution in [2.75, 3.05) is 0 Å². The van der Waals surface area contributed by atoms with Gasteiger partial charge in [0.15, 0.2) is 5.43 Å². The minimum Gasteiger partial charge on any atom is -0.364 e. The van der Waals surface area contributed by atoms with E-state index in [-0.39, 0.29) is 35.3 Å². The number of halogens is 5. The number of aromatic nitrogens is 2. The van der Waals surface area contributed by atoms with Crippen molar-refractivity contribution in [1.82, 2.24) is 9.97 Å². The summed E-state index contributed by atoms with van der Waals surface area (Å²) in [5.41, 5.74) is 5.39. The zero-order valence-corrected chi connectivity index (χ0v) is 18.1. The molecule has 33 heavy (non-hydrogen) atoms. The molecule has 5 nitrogen and oxygen atoms in total. The summed E-state index contributed by atoms with van der Waals surface area (Å²) in [6.45, 7) is 0. The normalized spacial score (nSPS) is 23.5. The Morgan fingerprint density at radius 1 is 1.06 bits per heavy atom. The third-order valence-electron chi connectivity index (χ3n) is 6.74. The fourth-order valence-corrected chi connectivity index (χ4v) is 5.03. The summed E-state index contributed by atoms with van der Waals surface area (Å²) in [5, 5.41) is 0.238. The molecule has 2 aromatic rings. The summed E-state index contributed by atoms with van der Waals surface area (Å²) in [7, 11) is 0. The molecular weight excluding hydrogens is 445 g/mol. The summed E-state index contributed by atoms with van der Waals surface area (Å²) in [5.74, 6) is -2.77. The highest BCUT2D eigenvalue weighted by Crippen LogP contribution is 2.45. The molecule has 4 rings (SSSR count). The number of H-pyrrole nitrogens is 1. The molecule has 2 aliphatic rings. The van der Waals surface area contributed by atoms with E-state index in [0.29, 0.717) is 43.0 Å². The summed E-state index contributed by atoms with van der Waals surface area (Å²) in [6, 6.07) is 2.94. The van der Waals surface area contributed by atoms with Gasteiger partial charge in [0.1, 0.15) is 5.69 Å². The first-order valence-electron chi connectivity index (χ1n) is 11.2. The number of fused-ring (bicyclic) bond motifs is 1. The molecule has 2 aliphatic carbocycles. The molecule has 182 valence electrons. The molecule has 10 heteroatoms. The quantitative estimate of drug-likeness (QED) is 0.570. The van der Waals surface area contributed by atoms with Crippen LogP contribution < -0.4 is 11.2 Å². The molecule has 0 atom stereocenters. The number of alkyl halides is 5. The summed E-state index contributed by atoms with van der Waals surface area (Å²) in [4.78, 5) is 29.0. The Bertz CT molecular complexity index is 998. The maximum absolute atomic E-state index is 13.1. The van der Waals surface area contributed by atoms with Gasteiger partial charge in [0.25, 0.3) is 5.91 Å². The van der Waals surface area contributed by atoms with Crippen LogP contribution in [0.4, 0.5) is 22.0 Å². The molecule has 3 N–H and O–H groups in total. The molecule has 1 amide bonds. The summed E-state index contributed by atoms with van der Waals surface area (Å²) >= 11 is 0. The Kier molecular flexibility index (Phi) is 7.74. The van der Waals surface area contributed by atoms with E-state index < -0.39 is 24.4 Å². The molecule has 2 saturated carbocycles. The average Bonchev–Trinajstić information content (AvgIpc) is 2.74. The molecule has 0 radical (unpaired) electrons. The highest BCUT2D eigenvalue weighted by molar-refractivity contribution is 6.03. The smallest absolute Gasteiger partial charge is 0.364 e. The molecular formula is C23H28F5N3O2. The highest BCUT2D eigenvalue weighted by Gasteiger charge is 2.40. The van der Waals surface area contributed by atoms with Crippen LogP contribution in [0.3, 0.4) is 0 Å². The Morgan fingerprint density at radius 3 is 2.24 bits per heavy atom. The van der Waals surface area contributed by atoms with Crippen LogP contribution in [0.5, 0.6) is 0 Å². The topological polar surface area (TPSA) is 88.8 Å². The number of rotatable bonds is 3.